The van der Waals surface area contributed by atoms with Crippen LogP contribution in [0.3, 0.4) is 0 Å². The largest absolute Gasteiger partial charge is 0.330 e. The highest BCUT2D eigenvalue weighted by Crippen LogP contribution is 2.00. The molecular weight excluding hydrogens is 180 g/mol. The van der Waals surface area contributed by atoms with Crippen LogP contribution in [0.4, 0.5) is 0 Å². The maximum Gasteiger partial charge on any atom is 0.248 e. The van der Waals surface area contributed by atoms with Crippen LogP contribution in [0.25, 0.3) is 0 Å². The third kappa shape index (κ3) is 2.93. The van der Waals surface area contributed by atoms with E-state index >= 15 is 0 Å². The summed E-state index contributed by atoms with van der Waals surface area (Å²) in [6, 6.07) is -0.448. The molecule has 0 spiro atoms. The summed E-state index contributed by atoms with van der Waals surface area (Å²) in [5.74, 6) is -0.112. The van der Waals surface area contributed by atoms with Crippen LogP contribution in [0.1, 0.15) is 24.1 Å². The zero-order chi connectivity index (χ0) is 10.4. The normalized spacial score (nSPS) is 12.7. The van der Waals surface area contributed by atoms with E-state index in [1.165, 1.54) is 10.9 Å². The van der Waals surface area contributed by atoms with Gasteiger partial charge in [0.25, 0.3) is 0 Å². The molecule has 0 aliphatic heterocycles. The first-order chi connectivity index (χ1) is 6.75. The monoisotopic (exact) mass is 196 g/mol. The molecule has 1 atom stereocenters. The molecule has 0 fully saturated rings. The highest BCUT2D eigenvalue weighted by molar-refractivity contribution is 5.83. The molecule has 1 rings (SSSR count). The van der Waals surface area contributed by atoms with Gasteiger partial charge in [0.1, 0.15) is 6.33 Å². The van der Waals surface area contributed by atoms with Gasteiger partial charge in [0.05, 0.1) is 6.04 Å². The van der Waals surface area contributed by atoms with E-state index in [0.29, 0.717) is 13.0 Å². The fourth-order valence-electron chi connectivity index (χ4n) is 1.21. The molecule has 0 bridgehead atoms. The molecule has 0 aromatic carbocycles. The maximum absolute atomic E-state index is 11.6. The van der Waals surface area contributed by atoms with Crippen LogP contribution in [0.5, 0.6) is 0 Å². The van der Waals surface area contributed by atoms with Crippen LogP contribution in [-0.4, -0.2) is 28.0 Å². The summed E-state index contributed by atoms with van der Waals surface area (Å²) in [6.45, 7) is 0.645. The average Bonchev–Trinajstić information content (AvgIpc) is 2.69. The number of unbranched alkanes of at least 4 members (excludes halogenated alkanes) is 1. The van der Waals surface area contributed by atoms with Crippen molar-refractivity contribution < 1.29 is 4.79 Å². The standard InChI is InChI=1S/C9H16N4O/c10-4-2-1-3-8(11)9(14)13-6-5-12-7-13/h5-8H,1-4,10-11H2/t8-/m0/s1. The lowest BCUT2D eigenvalue weighted by atomic mass is 10.1. The van der Waals surface area contributed by atoms with E-state index < -0.39 is 6.04 Å². The number of carbonyl (C=O) groups is 1. The van der Waals surface area contributed by atoms with Gasteiger partial charge in [-0.2, -0.15) is 0 Å². The second kappa shape index (κ2) is 5.51. The highest BCUT2D eigenvalue weighted by Gasteiger charge is 2.13. The fraction of sp³-hybridized carbons (Fsp3) is 0.556. The Bertz CT molecular complexity index is 270. The van der Waals surface area contributed by atoms with Gasteiger partial charge in [-0.25, -0.2) is 4.98 Å². The highest BCUT2D eigenvalue weighted by atomic mass is 16.2. The van der Waals surface area contributed by atoms with E-state index in [1.54, 1.807) is 12.4 Å². The van der Waals surface area contributed by atoms with E-state index in [1.807, 2.05) is 0 Å². The Labute approximate surface area is 83.1 Å². The van der Waals surface area contributed by atoms with Crippen LogP contribution in [0.15, 0.2) is 18.7 Å². The fourth-order valence-corrected chi connectivity index (χ4v) is 1.21. The SMILES string of the molecule is NCCCC[C@H](N)C(=O)n1ccnc1. The molecule has 4 N–H and O–H groups in total. The summed E-state index contributed by atoms with van der Waals surface area (Å²) in [5.41, 5.74) is 11.1. The second-order valence-corrected chi connectivity index (χ2v) is 3.20. The van der Waals surface area contributed by atoms with Gasteiger partial charge in [-0.15, -0.1) is 0 Å². The molecular formula is C9H16N4O. The summed E-state index contributed by atoms with van der Waals surface area (Å²) in [5, 5.41) is 0. The first-order valence-corrected chi connectivity index (χ1v) is 4.73. The van der Waals surface area contributed by atoms with Crippen molar-refractivity contribution in [1.29, 1.82) is 0 Å². The Balaban J connectivity index is 2.37. The molecule has 0 amide bonds. The van der Waals surface area contributed by atoms with Gasteiger partial charge < -0.3 is 11.5 Å². The molecule has 1 aromatic heterocycles. The lowest BCUT2D eigenvalue weighted by Gasteiger charge is -2.09. The molecule has 0 saturated heterocycles. The summed E-state index contributed by atoms with van der Waals surface area (Å²) >= 11 is 0. The van der Waals surface area contributed by atoms with Crippen molar-refractivity contribution in [3.05, 3.63) is 18.7 Å². The molecule has 0 radical (unpaired) electrons. The minimum Gasteiger partial charge on any atom is -0.330 e. The van der Waals surface area contributed by atoms with Crippen molar-refractivity contribution in [2.75, 3.05) is 6.54 Å². The van der Waals surface area contributed by atoms with E-state index in [9.17, 15) is 4.79 Å². The van der Waals surface area contributed by atoms with Gasteiger partial charge in [-0.3, -0.25) is 9.36 Å². The molecule has 14 heavy (non-hydrogen) atoms. The minimum absolute atomic E-state index is 0.112. The van der Waals surface area contributed by atoms with Crippen LogP contribution in [0, 0.1) is 0 Å². The summed E-state index contributed by atoms with van der Waals surface area (Å²) in [4.78, 5) is 15.4. The molecule has 0 aliphatic rings. The topological polar surface area (TPSA) is 86.9 Å². The number of hydrogen-bond acceptors (Lipinski definition) is 4. The summed E-state index contributed by atoms with van der Waals surface area (Å²) < 4.78 is 1.41. The molecule has 5 heteroatoms. The zero-order valence-corrected chi connectivity index (χ0v) is 8.10. The van der Waals surface area contributed by atoms with Gasteiger partial charge >= 0.3 is 0 Å². The Morgan fingerprint density at radius 2 is 2.29 bits per heavy atom. The molecule has 1 heterocycles. The summed E-state index contributed by atoms with van der Waals surface area (Å²) in [6.07, 6.45) is 7.10. The smallest absolute Gasteiger partial charge is 0.248 e. The number of carbonyl (C=O) groups excluding carboxylic acids is 1. The third-order valence-corrected chi connectivity index (χ3v) is 2.05. The molecule has 5 nitrogen and oxygen atoms in total. The quantitative estimate of drug-likeness (QED) is 0.648. The van der Waals surface area contributed by atoms with Crippen LogP contribution in [-0.2, 0) is 0 Å². The molecule has 0 saturated carbocycles. The number of nitrogens with zero attached hydrogens (tertiary/aromatic N) is 2. The van der Waals surface area contributed by atoms with Crippen molar-refractivity contribution >= 4 is 5.91 Å². The Kier molecular flexibility index (Phi) is 4.28. The van der Waals surface area contributed by atoms with E-state index in [-0.39, 0.29) is 5.91 Å². The first-order valence-electron chi connectivity index (χ1n) is 4.73. The Morgan fingerprint density at radius 1 is 1.50 bits per heavy atom. The second-order valence-electron chi connectivity index (χ2n) is 3.20. The average molecular weight is 196 g/mol. The lowest BCUT2D eigenvalue weighted by Crippen LogP contribution is -2.34. The Morgan fingerprint density at radius 3 is 2.86 bits per heavy atom. The van der Waals surface area contributed by atoms with Gasteiger partial charge in [0, 0.05) is 12.4 Å². The zero-order valence-electron chi connectivity index (χ0n) is 8.10. The Hall–Kier alpha value is -1.20. The van der Waals surface area contributed by atoms with Gasteiger partial charge in [-0.1, -0.05) is 6.42 Å². The van der Waals surface area contributed by atoms with Crippen molar-refractivity contribution in [3.8, 4) is 0 Å². The van der Waals surface area contributed by atoms with E-state index in [4.69, 9.17) is 11.5 Å². The predicted molar refractivity (Wildman–Crippen MR) is 53.7 cm³/mol. The lowest BCUT2D eigenvalue weighted by molar-refractivity contribution is 0.0873. The van der Waals surface area contributed by atoms with Gasteiger partial charge in [0.2, 0.25) is 5.91 Å². The molecule has 78 valence electrons. The number of nitrogens with two attached hydrogens (primary N) is 2. The maximum atomic E-state index is 11.6. The van der Waals surface area contributed by atoms with E-state index in [2.05, 4.69) is 4.98 Å². The van der Waals surface area contributed by atoms with Gasteiger partial charge in [0.15, 0.2) is 0 Å². The number of rotatable bonds is 5. The van der Waals surface area contributed by atoms with E-state index in [0.717, 1.165) is 12.8 Å². The van der Waals surface area contributed by atoms with Crippen molar-refractivity contribution in [2.45, 2.75) is 25.3 Å². The number of imidazole rings is 1. The van der Waals surface area contributed by atoms with Crippen molar-refractivity contribution in [1.82, 2.24) is 9.55 Å². The van der Waals surface area contributed by atoms with Crippen LogP contribution < -0.4 is 11.5 Å². The molecule has 1 aromatic rings. The first kappa shape index (κ1) is 10.9. The van der Waals surface area contributed by atoms with Gasteiger partial charge in [-0.05, 0) is 19.4 Å². The third-order valence-electron chi connectivity index (χ3n) is 2.05. The summed E-state index contributed by atoms with van der Waals surface area (Å²) in [7, 11) is 0. The minimum atomic E-state index is -0.448. The predicted octanol–water partition coefficient (Wildman–Crippen LogP) is -0.0204. The van der Waals surface area contributed by atoms with Crippen molar-refractivity contribution in [3.63, 3.8) is 0 Å². The van der Waals surface area contributed by atoms with Crippen LogP contribution in [0.2, 0.25) is 0 Å². The molecule has 0 aliphatic carbocycles. The van der Waals surface area contributed by atoms with Crippen molar-refractivity contribution in [2.24, 2.45) is 11.5 Å². The number of hydrogen-bond donors (Lipinski definition) is 2. The number of aromatic nitrogens is 2. The van der Waals surface area contributed by atoms with Crippen LogP contribution >= 0.6 is 0 Å². The molecule has 0 unspecified atom stereocenters.